The summed E-state index contributed by atoms with van der Waals surface area (Å²) in [6.45, 7) is 1.56. The Hall–Kier alpha value is -1.91. The predicted molar refractivity (Wildman–Crippen MR) is 81.9 cm³/mol. The van der Waals surface area contributed by atoms with E-state index in [1.54, 1.807) is 37.3 Å². The van der Waals surface area contributed by atoms with Crippen LogP contribution in [0.3, 0.4) is 0 Å². The van der Waals surface area contributed by atoms with Crippen molar-refractivity contribution in [3.05, 3.63) is 70.5 Å². The lowest BCUT2D eigenvalue weighted by Gasteiger charge is -2.16. The quantitative estimate of drug-likeness (QED) is 0.839. The first-order valence-electron chi connectivity index (χ1n) is 6.85. The number of carbonyl (C=O) groups excluding carboxylic acids is 1. The van der Waals surface area contributed by atoms with Crippen LogP contribution in [0.1, 0.15) is 36.7 Å². The largest absolute Gasteiger partial charge is 0.458 e. The van der Waals surface area contributed by atoms with E-state index in [0.29, 0.717) is 5.56 Å². The van der Waals surface area contributed by atoms with Gasteiger partial charge in [0.15, 0.2) is 0 Å². The molecule has 3 nitrogen and oxygen atoms in total. The van der Waals surface area contributed by atoms with E-state index in [4.69, 9.17) is 16.3 Å². The summed E-state index contributed by atoms with van der Waals surface area (Å²) in [5.74, 6) is -1.21. The molecule has 22 heavy (non-hydrogen) atoms. The molecule has 116 valence electrons. The van der Waals surface area contributed by atoms with Crippen LogP contribution in [-0.4, -0.2) is 11.1 Å². The van der Waals surface area contributed by atoms with Gasteiger partial charge in [-0.25, -0.2) is 4.39 Å². The van der Waals surface area contributed by atoms with Crippen LogP contribution in [0.5, 0.6) is 0 Å². The molecule has 0 saturated heterocycles. The highest BCUT2D eigenvalue weighted by atomic mass is 35.5. The van der Waals surface area contributed by atoms with E-state index in [0.717, 1.165) is 0 Å². The van der Waals surface area contributed by atoms with Crippen molar-refractivity contribution in [3.63, 3.8) is 0 Å². The van der Waals surface area contributed by atoms with Gasteiger partial charge in [-0.1, -0.05) is 54.1 Å². The lowest BCUT2D eigenvalue weighted by molar-refractivity contribution is -0.151. The maximum atomic E-state index is 13.9. The SMILES string of the molecule is CC(OC(=O)C[C@@H](O)c1ccccc1)c1cccc(Cl)c1F. The van der Waals surface area contributed by atoms with E-state index in [1.165, 1.54) is 12.1 Å². The number of carbonyl (C=O) groups is 1. The van der Waals surface area contributed by atoms with Gasteiger partial charge in [0.2, 0.25) is 0 Å². The Labute approximate surface area is 133 Å². The molecule has 0 radical (unpaired) electrons. The van der Waals surface area contributed by atoms with E-state index < -0.39 is 24.0 Å². The van der Waals surface area contributed by atoms with Crippen molar-refractivity contribution < 1.29 is 19.0 Å². The highest BCUT2D eigenvalue weighted by Gasteiger charge is 2.20. The molecule has 0 aromatic heterocycles. The van der Waals surface area contributed by atoms with Crippen molar-refractivity contribution in [2.45, 2.75) is 25.6 Å². The summed E-state index contributed by atoms with van der Waals surface area (Å²) in [6, 6.07) is 13.3. The number of halogens is 2. The first-order chi connectivity index (χ1) is 10.5. The first kappa shape index (κ1) is 16.5. The van der Waals surface area contributed by atoms with Gasteiger partial charge in [0, 0.05) is 5.56 Å². The second-order valence-corrected chi connectivity index (χ2v) is 5.31. The normalized spacial score (nSPS) is 13.5. The minimum atomic E-state index is -0.954. The highest BCUT2D eigenvalue weighted by molar-refractivity contribution is 6.30. The molecular formula is C17H16ClFO3. The summed E-state index contributed by atoms with van der Waals surface area (Å²) in [5, 5.41) is 9.95. The number of rotatable bonds is 5. The molecule has 0 aliphatic heterocycles. The van der Waals surface area contributed by atoms with Crippen molar-refractivity contribution in [3.8, 4) is 0 Å². The molecule has 2 aromatic carbocycles. The zero-order chi connectivity index (χ0) is 16.1. The van der Waals surface area contributed by atoms with Crippen LogP contribution in [0.25, 0.3) is 0 Å². The molecule has 0 spiro atoms. The van der Waals surface area contributed by atoms with Gasteiger partial charge in [-0.05, 0) is 18.6 Å². The third kappa shape index (κ3) is 4.06. The highest BCUT2D eigenvalue weighted by Crippen LogP contribution is 2.26. The standard InChI is InChI=1S/C17H16ClFO3/c1-11(13-8-5-9-14(18)17(13)19)22-16(21)10-15(20)12-6-3-2-4-7-12/h2-9,11,15,20H,10H2,1H3/t11?,15-/m1/s1. The van der Waals surface area contributed by atoms with Gasteiger partial charge in [-0.3, -0.25) is 4.79 Å². The monoisotopic (exact) mass is 322 g/mol. The average Bonchev–Trinajstić information content (AvgIpc) is 2.50. The third-order valence-corrected chi connectivity index (χ3v) is 3.56. The molecule has 0 fully saturated rings. The van der Waals surface area contributed by atoms with Crippen LogP contribution >= 0.6 is 11.6 Å². The third-order valence-electron chi connectivity index (χ3n) is 3.27. The average molecular weight is 323 g/mol. The van der Waals surface area contributed by atoms with Crippen molar-refractivity contribution in [1.29, 1.82) is 0 Å². The second kappa shape index (κ2) is 7.38. The number of benzene rings is 2. The zero-order valence-electron chi connectivity index (χ0n) is 12.0. The molecule has 0 aliphatic rings. The molecule has 0 aliphatic carbocycles. The van der Waals surface area contributed by atoms with E-state index in [-0.39, 0.29) is 17.0 Å². The number of hydrogen-bond donors (Lipinski definition) is 1. The minimum Gasteiger partial charge on any atom is -0.458 e. The van der Waals surface area contributed by atoms with E-state index in [1.807, 2.05) is 6.07 Å². The molecule has 5 heteroatoms. The lowest BCUT2D eigenvalue weighted by Crippen LogP contribution is -2.13. The van der Waals surface area contributed by atoms with Crippen LogP contribution in [0.2, 0.25) is 5.02 Å². The van der Waals surface area contributed by atoms with E-state index in [2.05, 4.69) is 0 Å². The molecule has 0 bridgehead atoms. The Morgan fingerprint density at radius 2 is 1.91 bits per heavy atom. The number of aliphatic hydroxyl groups excluding tert-OH is 1. The van der Waals surface area contributed by atoms with Crippen LogP contribution in [-0.2, 0) is 9.53 Å². The number of esters is 1. The summed E-state index contributed by atoms with van der Waals surface area (Å²) in [7, 11) is 0. The summed E-state index contributed by atoms with van der Waals surface area (Å²) in [6.07, 6.45) is -1.93. The van der Waals surface area contributed by atoms with Gasteiger partial charge < -0.3 is 9.84 Å². The molecule has 0 amide bonds. The Morgan fingerprint density at radius 1 is 1.23 bits per heavy atom. The van der Waals surface area contributed by atoms with Crippen molar-refractivity contribution in [2.75, 3.05) is 0 Å². The first-order valence-corrected chi connectivity index (χ1v) is 7.23. The molecule has 0 heterocycles. The fourth-order valence-electron chi connectivity index (χ4n) is 2.09. The smallest absolute Gasteiger partial charge is 0.309 e. The van der Waals surface area contributed by atoms with Gasteiger partial charge in [0.25, 0.3) is 0 Å². The Bertz CT molecular complexity index is 646. The second-order valence-electron chi connectivity index (χ2n) is 4.91. The van der Waals surface area contributed by atoms with E-state index >= 15 is 0 Å². The fraction of sp³-hybridized carbons (Fsp3) is 0.235. The molecule has 0 saturated carbocycles. The van der Waals surface area contributed by atoms with E-state index in [9.17, 15) is 14.3 Å². The molecule has 1 unspecified atom stereocenters. The zero-order valence-corrected chi connectivity index (χ0v) is 12.8. The fourth-order valence-corrected chi connectivity index (χ4v) is 2.28. The Balaban J connectivity index is 1.98. The predicted octanol–water partition coefficient (Wildman–Crippen LogP) is 4.21. The van der Waals surface area contributed by atoms with Crippen LogP contribution in [0.15, 0.2) is 48.5 Å². The van der Waals surface area contributed by atoms with Crippen molar-refractivity contribution in [2.24, 2.45) is 0 Å². The van der Waals surface area contributed by atoms with Crippen LogP contribution in [0, 0.1) is 5.82 Å². The maximum absolute atomic E-state index is 13.9. The molecular weight excluding hydrogens is 307 g/mol. The summed E-state index contributed by atoms with van der Waals surface area (Å²) < 4.78 is 19.0. The van der Waals surface area contributed by atoms with Gasteiger partial charge >= 0.3 is 5.97 Å². The summed E-state index contributed by atoms with van der Waals surface area (Å²) in [4.78, 5) is 11.9. The molecule has 2 atom stereocenters. The number of ether oxygens (including phenoxy) is 1. The maximum Gasteiger partial charge on any atom is 0.309 e. The molecule has 2 aromatic rings. The van der Waals surface area contributed by atoms with Gasteiger partial charge in [0.1, 0.15) is 11.9 Å². The number of aliphatic hydroxyl groups is 1. The molecule has 2 rings (SSSR count). The Kier molecular flexibility index (Phi) is 5.52. The molecule has 1 N–H and O–H groups in total. The minimum absolute atomic E-state index is 0.0234. The van der Waals surface area contributed by atoms with Crippen LogP contribution < -0.4 is 0 Å². The topological polar surface area (TPSA) is 46.5 Å². The van der Waals surface area contributed by atoms with Gasteiger partial charge in [0.05, 0.1) is 17.5 Å². The van der Waals surface area contributed by atoms with Crippen LogP contribution in [0.4, 0.5) is 4.39 Å². The summed E-state index contributed by atoms with van der Waals surface area (Å²) >= 11 is 5.70. The van der Waals surface area contributed by atoms with Crippen molar-refractivity contribution in [1.82, 2.24) is 0 Å². The number of hydrogen-bond acceptors (Lipinski definition) is 3. The Morgan fingerprint density at radius 3 is 2.59 bits per heavy atom. The summed E-state index contributed by atoms with van der Waals surface area (Å²) in [5.41, 5.74) is 0.830. The van der Waals surface area contributed by atoms with Gasteiger partial charge in [-0.2, -0.15) is 0 Å². The lowest BCUT2D eigenvalue weighted by atomic mass is 10.1. The van der Waals surface area contributed by atoms with Gasteiger partial charge in [-0.15, -0.1) is 0 Å². The van der Waals surface area contributed by atoms with Crippen molar-refractivity contribution >= 4 is 17.6 Å².